The summed E-state index contributed by atoms with van der Waals surface area (Å²) in [6, 6.07) is 0. The minimum atomic E-state index is -1.09. The van der Waals surface area contributed by atoms with Crippen LogP contribution in [0.5, 0.6) is 0 Å². The van der Waals surface area contributed by atoms with Gasteiger partial charge in [-0.3, -0.25) is 0 Å². The molecule has 0 unspecified atom stereocenters. The average molecular weight is 436 g/mol. The number of aromatic carboxylic acids is 2. The maximum Gasteiger partial charge on any atom is 0.337 e. The van der Waals surface area contributed by atoms with E-state index >= 15 is 0 Å². The van der Waals surface area contributed by atoms with Crippen LogP contribution in [0.3, 0.4) is 0 Å². The molecule has 2 rings (SSSR count). The van der Waals surface area contributed by atoms with Crippen molar-refractivity contribution < 1.29 is 19.8 Å². The van der Waals surface area contributed by atoms with Gasteiger partial charge in [0.2, 0.25) is 0 Å². The molecule has 0 spiro atoms. The lowest BCUT2D eigenvalue weighted by Gasteiger charge is -2.13. The normalized spacial score (nSPS) is 14.0. The van der Waals surface area contributed by atoms with Gasteiger partial charge in [-0.1, -0.05) is 38.5 Å². The van der Waals surface area contributed by atoms with Crippen molar-refractivity contribution in [2.75, 3.05) is 0 Å². The van der Waals surface area contributed by atoms with E-state index in [1.807, 2.05) is 0 Å². The second kappa shape index (κ2) is 8.67. The Kier molecular flexibility index (Phi) is 7.56. The Hall–Kier alpha value is -0.880. The zero-order valence-corrected chi connectivity index (χ0v) is 15.9. The van der Waals surface area contributed by atoms with Gasteiger partial charge >= 0.3 is 11.9 Å². The number of halogens is 2. The van der Waals surface area contributed by atoms with Crippen molar-refractivity contribution in [3.63, 3.8) is 0 Å². The summed E-state index contributed by atoms with van der Waals surface area (Å²) in [5.41, 5.74) is 0.938. The third-order valence-corrected chi connectivity index (χ3v) is 5.76. The molecule has 0 bridgehead atoms. The molecule has 0 atom stereocenters. The van der Waals surface area contributed by atoms with Crippen LogP contribution < -0.4 is 0 Å². The molecular weight excluding hydrogens is 416 g/mol. The topological polar surface area (TPSA) is 74.6 Å². The predicted octanol–water partition coefficient (Wildman–Crippen LogP) is 5.57. The summed E-state index contributed by atoms with van der Waals surface area (Å²) in [5.74, 6) is -2.18. The molecule has 0 amide bonds. The highest BCUT2D eigenvalue weighted by atomic mass is 79.9. The Morgan fingerprint density at radius 1 is 0.727 bits per heavy atom. The van der Waals surface area contributed by atoms with Crippen LogP contribution in [-0.2, 0) is 0 Å². The fraction of sp³-hybridized carbons (Fsp3) is 0.500. The molecule has 1 saturated carbocycles. The van der Waals surface area contributed by atoms with E-state index in [2.05, 4.69) is 31.9 Å². The molecule has 1 aromatic carbocycles. The molecule has 0 aromatic heterocycles. The van der Waals surface area contributed by atoms with Crippen molar-refractivity contribution in [2.24, 2.45) is 0 Å². The molecule has 0 aliphatic heterocycles. The highest BCUT2D eigenvalue weighted by Crippen LogP contribution is 2.34. The van der Waals surface area contributed by atoms with Crippen LogP contribution in [0.25, 0.3) is 0 Å². The van der Waals surface area contributed by atoms with Gasteiger partial charge in [-0.15, -0.1) is 0 Å². The summed E-state index contributed by atoms with van der Waals surface area (Å²) in [7, 11) is 0. The van der Waals surface area contributed by atoms with Crippen LogP contribution in [0, 0.1) is 13.8 Å². The van der Waals surface area contributed by atoms with Gasteiger partial charge < -0.3 is 10.2 Å². The maximum atomic E-state index is 11.0. The first-order valence-electron chi connectivity index (χ1n) is 7.23. The van der Waals surface area contributed by atoms with Crippen molar-refractivity contribution >= 4 is 43.8 Å². The fourth-order valence-corrected chi connectivity index (χ4v) is 3.82. The Morgan fingerprint density at radius 3 is 1.14 bits per heavy atom. The Labute approximate surface area is 147 Å². The Morgan fingerprint density at radius 2 is 0.955 bits per heavy atom. The minimum absolute atomic E-state index is 0.0781. The molecule has 6 heteroatoms. The Balaban J connectivity index is 0.000000335. The lowest BCUT2D eigenvalue weighted by molar-refractivity contribution is 0.0678. The summed E-state index contributed by atoms with van der Waals surface area (Å²) in [6.45, 7) is 3.12. The van der Waals surface area contributed by atoms with Crippen LogP contribution >= 0.6 is 31.9 Å². The predicted molar refractivity (Wildman–Crippen MR) is 92.9 cm³/mol. The van der Waals surface area contributed by atoms with E-state index in [4.69, 9.17) is 10.2 Å². The van der Waals surface area contributed by atoms with Gasteiger partial charge in [-0.25, -0.2) is 9.59 Å². The summed E-state index contributed by atoms with van der Waals surface area (Å²) >= 11 is 6.24. The molecule has 1 fully saturated rings. The van der Waals surface area contributed by atoms with E-state index in [9.17, 15) is 9.59 Å². The van der Waals surface area contributed by atoms with Gasteiger partial charge in [0.15, 0.2) is 0 Å². The number of hydrogen-bond acceptors (Lipinski definition) is 2. The smallest absolute Gasteiger partial charge is 0.337 e. The van der Waals surface area contributed by atoms with Crippen LogP contribution in [0.1, 0.15) is 70.4 Å². The second-order valence-corrected chi connectivity index (χ2v) is 6.95. The second-order valence-electron chi connectivity index (χ2n) is 5.36. The van der Waals surface area contributed by atoms with Crippen molar-refractivity contribution in [3.05, 3.63) is 31.2 Å². The molecule has 1 aliphatic carbocycles. The molecule has 122 valence electrons. The number of benzene rings is 1. The first-order valence-corrected chi connectivity index (χ1v) is 8.82. The minimum Gasteiger partial charge on any atom is -0.478 e. The number of hydrogen-bond donors (Lipinski definition) is 2. The number of rotatable bonds is 2. The van der Waals surface area contributed by atoms with Crippen LogP contribution in [-0.4, -0.2) is 22.2 Å². The van der Waals surface area contributed by atoms with E-state index in [1.54, 1.807) is 13.8 Å². The van der Waals surface area contributed by atoms with Gasteiger partial charge in [0, 0.05) is 8.95 Å². The number of carboxylic acids is 2. The van der Waals surface area contributed by atoms with Gasteiger partial charge in [-0.05, 0) is 56.8 Å². The van der Waals surface area contributed by atoms with E-state index in [0.717, 1.165) is 0 Å². The first-order chi connectivity index (χ1) is 10.3. The maximum absolute atomic E-state index is 11.0. The average Bonchev–Trinajstić information content (AvgIpc) is 2.47. The van der Waals surface area contributed by atoms with Crippen molar-refractivity contribution in [2.45, 2.75) is 52.4 Å². The molecule has 0 radical (unpaired) electrons. The highest BCUT2D eigenvalue weighted by molar-refractivity contribution is 9.11. The zero-order valence-electron chi connectivity index (χ0n) is 12.7. The highest BCUT2D eigenvalue weighted by Gasteiger charge is 2.24. The molecular formula is C16H20Br2O4. The number of carboxylic acid groups (broad SMARTS) is 2. The number of carbonyl (C=O) groups is 2. The van der Waals surface area contributed by atoms with E-state index < -0.39 is 11.9 Å². The molecule has 0 heterocycles. The van der Waals surface area contributed by atoms with Crippen molar-refractivity contribution in [1.82, 2.24) is 0 Å². The van der Waals surface area contributed by atoms with Gasteiger partial charge in [-0.2, -0.15) is 0 Å². The summed E-state index contributed by atoms with van der Waals surface area (Å²) in [6.07, 6.45) is 9.00. The first kappa shape index (κ1) is 19.2. The quantitative estimate of drug-likeness (QED) is 0.636. The Bertz CT molecular complexity index is 492. The largest absolute Gasteiger partial charge is 0.478 e. The SMILES string of the molecule is C1CCCCC1.Cc1c(Br)c(C(=O)O)c(C)c(Br)c1C(=O)O. The van der Waals surface area contributed by atoms with Gasteiger partial charge in [0.05, 0.1) is 11.1 Å². The van der Waals surface area contributed by atoms with Crippen molar-refractivity contribution in [3.8, 4) is 0 Å². The zero-order chi connectivity index (χ0) is 16.9. The molecule has 0 saturated heterocycles. The van der Waals surface area contributed by atoms with Gasteiger partial charge in [0.25, 0.3) is 0 Å². The van der Waals surface area contributed by atoms with Crippen molar-refractivity contribution in [1.29, 1.82) is 0 Å². The van der Waals surface area contributed by atoms with Gasteiger partial charge in [0.1, 0.15) is 0 Å². The van der Waals surface area contributed by atoms with E-state index in [1.165, 1.54) is 38.5 Å². The molecule has 22 heavy (non-hydrogen) atoms. The summed E-state index contributed by atoms with van der Waals surface area (Å²) < 4.78 is 0.608. The standard InChI is InChI=1S/C10H8Br2O4.C6H12/c1-3-5(9(13)14)8(12)4(2)6(7(3)11)10(15)16;1-2-4-6-5-3-1/h1-2H3,(H,13,14)(H,15,16);1-6H2. The fourth-order valence-electron chi connectivity index (χ4n) is 2.49. The summed E-state index contributed by atoms with van der Waals surface area (Å²) in [4.78, 5) is 22.1. The lowest BCUT2D eigenvalue weighted by Crippen LogP contribution is -2.10. The summed E-state index contributed by atoms with van der Waals surface area (Å²) in [5, 5.41) is 18.1. The molecule has 1 aromatic rings. The third kappa shape index (κ3) is 4.56. The third-order valence-electron chi connectivity index (χ3n) is 3.78. The molecule has 4 nitrogen and oxygen atoms in total. The van der Waals surface area contributed by atoms with Crippen LogP contribution in [0.15, 0.2) is 8.95 Å². The van der Waals surface area contributed by atoms with Crippen LogP contribution in [0.2, 0.25) is 0 Å². The van der Waals surface area contributed by atoms with Crippen LogP contribution in [0.4, 0.5) is 0 Å². The monoisotopic (exact) mass is 434 g/mol. The van der Waals surface area contributed by atoms with E-state index in [-0.39, 0.29) is 11.1 Å². The lowest BCUT2D eigenvalue weighted by atomic mass is 10.00. The molecule has 1 aliphatic rings. The van der Waals surface area contributed by atoms with E-state index in [0.29, 0.717) is 20.1 Å². The molecule has 2 N–H and O–H groups in total.